The third-order valence-electron chi connectivity index (χ3n) is 2.23. The van der Waals surface area contributed by atoms with Gasteiger partial charge in [-0.1, -0.05) is 23.2 Å². The summed E-state index contributed by atoms with van der Waals surface area (Å²) >= 11 is 11.9. The number of methoxy groups -OCH3 is 1. The van der Waals surface area contributed by atoms with Crippen LogP contribution in [0.2, 0.25) is 10.0 Å². The summed E-state index contributed by atoms with van der Waals surface area (Å²) in [5, 5.41) is 0.968. The van der Waals surface area contributed by atoms with E-state index < -0.39 is 5.82 Å². The highest BCUT2D eigenvalue weighted by Crippen LogP contribution is 2.35. The zero-order valence-electron chi connectivity index (χ0n) is 8.88. The van der Waals surface area contributed by atoms with E-state index in [0.29, 0.717) is 27.1 Å². The van der Waals surface area contributed by atoms with Crippen LogP contribution in [0.3, 0.4) is 0 Å². The van der Waals surface area contributed by atoms with Crippen LogP contribution in [0.1, 0.15) is 0 Å². The van der Waals surface area contributed by atoms with Gasteiger partial charge >= 0.3 is 0 Å². The van der Waals surface area contributed by atoms with Crippen molar-refractivity contribution in [1.82, 2.24) is 4.98 Å². The fourth-order valence-electron chi connectivity index (χ4n) is 1.49. The lowest BCUT2D eigenvalue weighted by Crippen LogP contribution is -1.93. The maximum Gasteiger partial charge on any atom is 0.221 e. The van der Waals surface area contributed by atoms with Gasteiger partial charge in [0.1, 0.15) is 5.82 Å². The molecule has 0 fully saturated rings. The van der Waals surface area contributed by atoms with Gasteiger partial charge in [-0.05, 0) is 24.3 Å². The van der Waals surface area contributed by atoms with Crippen molar-refractivity contribution in [1.29, 1.82) is 0 Å². The first kappa shape index (κ1) is 12.1. The molecule has 1 heterocycles. The third-order valence-corrected chi connectivity index (χ3v) is 2.79. The lowest BCUT2D eigenvalue weighted by atomic mass is 10.1. The molecule has 0 radical (unpaired) electrons. The Bertz CT molecular complexity index is 560. The summed E-state index contributed by atoms with van der Waals surface area (Å²) in [4.78, 5) is 3.84. The molecule has 0 aliphatic heterocycles. The Kier molecular flexibility index (Phi) is 3.50. The van der Waals surface area contributed by atoms with E-state index in [9.17, 15) is 4.39 Å². The maximum absolute atomic E-state index is 13.2. The van der Waals surface area contributed by atoms with E-state index in [1.54, 1.807) is 18.2 Å². The largest absolute Gasteiger partial charge is 0.481 e. The van der Waals surface area contributed by atoms with Crippen LogP contribution in [0.15, 0.2) is 30.5 Å². The maximum atomic E-state index is 13.2. The minimum absolute atomic E-state index is 0.301. The van der Waals surface area contributed by atoms with E-state index >= 15 is 0 Å². The number of hydrogen-bond donors (Lipinski definition) is 0. The van der Waals surface area contributed by atoms with Gasteiger partial charge in [-0.3, -0.25) is 0 Å². The second kappa shape index (κ2) is 4.90. The van der Waals surface area contributed by atoms with Crippen molar-refractivity contribution in [3.8, 4) is 17.0 Å². The van der Waals surface area contributed by atoms with Gasteiger partial charge in [-0.25, -0.2) is 9.37 Å². The highest BCUT2D eigenvalue weighted by molar-refractivity contribution is 6.35. The Morgan fingerprint density at radius 3 is 2.65 bits per heavy atom. The zero-order chi connectivity index (χ0) is 12.4. The molecule has 0 saturated carbocycles. The lowest BCUT2D eigenvalue weighted by Gasteiger charge is -2.09. The van der Waals surface area contributed by atoms with Crippen molar-refractivity contribution in [3.05, 3.63) is 46.3 Å². The molecule has 0 unspecified atom stereocenters. The second-order valence-electron chi connectivity index (χ2n) is 3.33. The number of ether oxygens (including phenoxy) is 1. The van der Waals surface area contributed by atoms with E-state index in [0.717, 1.165) is 6.20 Å². The van der Waals surface area contributed by atoms with Crippen LogP contribution in [-0.4, -0.2) is 12.1 Å². The first-order valence-electron chi connectivity index (χ1n) is 4.77. The number of pyridine rings is 1. The topological polar surface area (TPSA) is 22.1 Å². The molecule has 0 aliphatic rings. The summed E-state index contributed by atoms with van der Waals surface area (Å²) in [5.41, 5.74) is 1.06. The van der Waals surface area contributed by atoms with Gasteiger partial charge in [-0.15, -0.1) is 0 Å². The summed E-state index contributed by atoms with van der Waals surface area (Å²) in [6, 6.07) is 6.25. The molecule has 0 bridgehead atoms. The molecule has 0 N–H and O–H groups in total. The smallest absolute Gasteiger partial charge is 0.221 e. The molecule has 0 atom stereocenters. The molecule has 1 aromatic heterocycles. The number of benzene rings is 1. The molecule has 1 aromatic carbocycles. The predicted molar refractivity (Wildman–Crippen MR) is 66.2 cm³/mol. The molecular formula is C12H8Cl2FNO. The van der Waals surface area contributed by atoms with Gasteiger partial charge in [0, 0.05) is 21.2 Å². The summed E-state index contributed by atoms with van der Waals surface area (Å²) < 4.78 is 18.3. The molecule has 2 aromatic rings. The minimum atomic E-state index is -0.461. The van der Waals surface area contributed by atoms with Crippen molar-refractivity contribution >= 4 is 23.2 Å². The fraction of sp³-hybridized carbons (Fsp3) is 0.0833. The third kappa shape index (κ3) is 2.51. The first-order chi connectivity index (χ1) is 8.11. The summed E-state index contributed by atoms with van der Waals surface area (Å²) in [6.07, 6.45) is 1.08. The minimum Gasteiger partial charge on any atom is -0.481 e. The SMILES string of the molecule is COc1ncc(F)cc1-c1cc(Cl)ccc1Cl. The fourth-order valence-corrected chi connectivity index (χ4v) is 1.88. The number of nitrogens with zero attached hydrogens (tertiary/aromatic N) is 1. The van der Waals surface area contributed by atoms with Gasteiger partial charge in [0.15, 0.2) is 0 Å². The van der Waals surface area contributed by atoms with E-state index in [4.69, 9.17) is 27.9 Å². The molecule has 0 spiro atoms. The first-order valence-corrected chi connectivity index (χ1v) is 5.52. The average Bonchev–Trinajstić information content (AvgIpc) is 2.32. The van der Waals surface area contributed by atoms with Crippen molar-refractivity contribution in [2.75, 3.05) is 7.11 Å². The Balaban J connectivity index is 2.66. The van der Waals surface area contributed by atoms with Gasteiger partial charge in [0.25, 0.3) is 0 Å². The monoisotopic (exact) mass is 271 g/mol. The molecule has 17 heavy (non-hydrogen) atoms. The van der Waals surface area contributed by atoms with E-state index in [1.165, 1.54) is 13.2 Å². The van der Waals surface area contributed by atoms with Crippen molar-refractivity contribution in [2.45, 2.75) is 0 Å². The number of aromatic nitrogens is 1. The Morgan fingerprint density at radius 1 is 1.18 bits per heavy atom. The number of hydrogen-bond acceptors (Lipinski definition) is 2. The lowest BCUT2D eigenvalue weighted by molar-refractivity contribution is 0.397. The molecule has 88 valence electrons. The van der Waals surface area contributed by atoms with E-state index in [-0.39, 0.29) is 0 Å². The highest BCUT2D eigenvalue weighted by atomic mass is 35.5. The van der Waals surface area contributed by atoms with Gasteiger partial charge in [0.05, 0.1) is 13.3 Å². The van der Waals surface area contributed by atoms with E-state index in [2.05, 4.69) is 4.98 Å². The Labute approximate surface area is 108 Å². The molecular weight excluding hydrogens is 264 g/mol. The molecule has 5 heteroatoms. The molecule has 2 nitrogen and oxygen atoms in total. The molecule has 0 aliphatic carbocycles. The summed E-state index contributed by atoms with van der Waals surface area (Å²) in [7, 11) is 1.46. The molecule has 0 saturated heterocycles. The van der Waals surface area contributed by atoms with Crippen molar-refractivity contribution in [2.24, 2.45) is 0 Å². The van der Waals surface area contributed by atoms with Gasteiger partial charge in [0.2, 0.25) is 5.88 Å². The van der Waals surface area contributed by atoms with Crippen LogP contribution in [0.4, 0.5) is 4.39 Å². The second-order valence-corrected chi connectivity index (χ2v) is 4.18. The number of halogens is 3. The Hall–Kier alpha value is -1.32. The standard InChI is InChI=1S/C12H8Cl2FNO/c1-17-12-10(5-8(15)6-16-12)9-4-7(13)2-3-11(9)14/h2-6H,1H3. The normalized spacial score (nSPS) is 10.4. The number of rotatable bonds is 2. The summed E-state index contributed by atoms with van der Waals surface area (Å²) in [5.74, 6) is -0.160. The van der Waals surface area contributed by atoms with Crippen LogP contribution in [0.5, 0.6) is 5.88 Å². The molecule has 0 amide bonds. The van der Waals surface area contributed by atoms with Crippen LogP contribution in [-0.2, 0) is 0 Å². The van der Waals surface area contributed by atoms with Crippen LogP contribution >= 0.6 is 23.2 Å². The molecule has 2 rings (SSSR count). The van der Waals surface area contributed by atoms with Crippen molar-refractivity contribution in [3.63, 3.8) is 0 Å². The zero-order valence-corrected chi connectivity index (χ0v) is 10.4. The van der Waals surface area contributed by atoms with Crippen LogP contribution in [0, 0.1) is 5.82 Å². The Morgan fingerprint density at radius 2 is 1.94 bits per heavy atom. The quantitative estimate of drug-likeness (QED) is 0.817. The van der Waals surface area contributed by atoms with Crippen molar-refractivity contribution < 1.29 is 9.13 Å². The van der Waals surface area contributed by atoms with Crippen LogP contribution < -0.4 is 4.74 Å². The van der Waals surface area contributed by atoms with Gasteiger partial charge < -0.3 is 4.74 Å². The van der Waals surface area contributed by atoms with Gasteiger partial charge in [-0.2, -0.15) is 0 Å². The highest BCUT2D eigenvalue weighted by Gasteiger charge is 2.12. The average molecular weight is 272 g/mol. The summed E-state index contributed by atoms with van der Waals surface area (Å²) in [6.45, 7) is 0. The van der Waals surface area contributed by atoms with Crippen LogP contribution in [0.25, 0.3) is 11.1 Å². The predicted octanol–water partition coefficient (Wildman–Crippen LogP) is 4.20. The van der Waals surface area contributed by atoms with E-state index in [1.807, 2.05) is 0 Å².